The summed E-state index contributed by atoms with van der Waals surface area (Å²) < 4.78 is 7.15. The van der Waals surface area contributed by atoms with Crippen molar-refractivity contribution in [3.63, 3.8) is 0 Å². The molecule has 35 heavy (non-hydrogen) atoms. The molecule has 0 amide bonds. The van der Waals surface area contributed by atoms with Crippen LogP contribution in [0.1, 0.15) is 50.0 Å². The SMILES string of the molecule is CCC(OC(CC)c1c2ccccc2cc2ccccc12)c1c2ccccc2cc2ccccc12. The van der Waals surface area contributed by atoms with Crippen molar-refractivity contribution in [1.82, 2.24) is 0 Å². The predicted octanol–water partition coefficient (Wildman–Crippen LogP) is 9.92. The molecular formula is C34H30O. The average molecular weight is 455 g/mol. The van der Waals surface area contributed by atoms with Crippen LogP contribution in [0.2, 0.25) is 0 Å². The van der Waals surface area contributed by atoms with E-state index in [-0.39, 0.29) is 12.2 Å². The van der Waals surface area contributed by atoms with Crippen LogP contribution in [-0.2, 0) is 4.74 Å². The molecule has 6 rings (SSSR count). The zero-order valence-electron chi connectivity index (χ0n) is 20.4. The van der Waals surface area contributed by atoms with Crippen LogP contribution >= 0.6 is 0 Å². The Kier molecular flexibility index (Phi) is 5.72. The van der Waals surface area contributed by atoms with E-state index < -0.39 is 0 Å². The van der Waals surface area contributed by atoms with Gasteiger partial charge >= 0.3 is 0 Å². The number of ether oxygens (including phenoxy) is 1. The van der Waals surface area contributed by atoms with Crippen LogP contribution in [0.15, 0.2) is 109 Å². The largest absolute Gasteiger partial charge is 0.366 e. The molecule has 1 nitrogen and oxygen atoms in total. The molecular weight excluding hydrogens is 424 g/mol. The van der Waals surface area contributed by atoms with E-state index in [9.17, 15) is 0 Å². The number of rotatable bonds is 6. The minimum absolute atomic E-state index is 0.00585. The van der Waals surface area contributed by atoms with Crippen molar-refractivity contribution in [2.75, 3.05) is 0 Å². The molecule has 0 N–H and O–H groups in total. The van der Waals surface area contributed by atoms with Crippen LogP contribution in [0.25, 0.3) is 43.1 Å². The van der Waals surface area contributed by atoms with Gasteiger partial charge in [-0.3, -0.25) is 0 Å². The van der Waals surface area contributed by atoms with Crippen molar-refractivity contribution in [2.45, 2.75) is 38.9 Å². The highest BCUT2D eigenvalue weighted by Gasteiger charge is 2.24. The van der Waals surface area contributed by atoms with E-state index in [4.69, 9.17) is 4.74 Å². The first-order valence-electron chi connectivity index (χ1n) is 12.7. The Hall–Kier alpha value is -3.68. The summed E-state index contributed by atoms with van der Waals surface area (Å²) in [6, 6.07) is 39.5. The Bertz CT molecular complexity index is 1430. The summed E-state index contributed by atoms with van der Waals surface area (Å²) in [6.07, 6.45) is 1.82. The lowest BCUT2D eigenvalue weighted by atomic mass is 9.90. The summed E-state index contributed by atoms with van der Waals surface area (Å²) >= 11 is 0. The van der Waals surface area contributed by atoms with Gasteiger partial charge in [0.05, 0.1) is 12.2 Å². The Labute approximate surface area is 207 Å². The second-order valence-corrected chi connectivity index (χ2v) is 9.39. The second kappa shape index (κ2) is 9.17. The highest BCUT2D eigenvalue weighted by molar-refractivity contribution is 6.03. The molecule has 0 saturated carbocycles. The zero-order valence-corrected chi connectivity index (χ0v) is 20.4. The van der Waals surface area contributed by atoms with E-state index in [1.807, 2.05) is 0 Å². The van der Waals surface area contributed by atoms with E-state index in [1.54, 1.807) is 0 Å². The first kappa shape index (κ1) is 21.8. The third-order valence-electron chi connectivity index (χ3n) is 7.34. The highest BCUT2D eigenvalue weighted by atomic mass is 16.5. The topological polar surface area (TPSA) is 9.23 Å². The third kappa shape index (κ3) is 3.77. The van der Waals surface area contributed by atoms with Gasteiger partial charge in [-0.25, -0.2) is 0 Å². The minimum atomic E-state index is -0.00585. The van der Waals surface area contributed by atoms with Gasteiger partial charge in [0, 0.05) is 0 Å². The summed E-state index contributed by atoms with van der Waals surface area (Å²) in [5, 5.41) is 10.2. The van der Waals surface area contributed by atoms with Crippen molar-refractivity contribution in [2.24, 2.45) is 0 Å². The maximum absolute atomic E-state index is 7.15. The molecule has 0 heterocycles. The van der Waals surface area contributed by atoms with Crippen LogP contribution in [0.3, 0.4) is 0 Å². The van der Waals surface area contributed by atoms with E-state index >= 15 is 0 Å². The van der Waals surface area contributed by atoms with Crippen LogP contribution in [0, 0.1) is 0 Å². The van der Waals surface area contributed by atoms with E-state index in [0.29, 0.717) is 0 Å². The number of benzene rings is 6. The molecule has 2 unspecified atom stereocenters. The average Bonchev–Trinajstić information content (AvgIpc) is 2.92. The van der Waals surface area contributed by atoms with Crippen molar-refractivity contribution >= 4 is 43.1 Å². The summed E-state index contributed by atoms with van der Waals surface area (Å²) in [4.78, 5) is 0. The maximum Gasteiger partial charge on any atom is 0.0842 e. The second-order valence-electron chi connectivity index (χ2n) is 9.39. The summed E-state index contributed by atoms with van der Waals surface area (Å²) in [5.41, 5.74) is 2.62. The molecule has 0 radical (unpaired) electrons. The van der Waals surface area contributed by atoms with Gasteiger partial charge in [0.2, 0.25) is 0 Å². The van der Waals surface area contributed by atoms with Crippen molar-refractivity contribution in [3.05, 3.63) is 120 Å². The molecule has 172 valence electrons. The standard InChI is InChI=1S/C34H30O/c1-3-31(33-27-17-9-5-13-23(27)21-24-14-6-10-18-28(24)33)35-32(4-2)34-29-19-11-7-15-25(29)22-26-16-8-12-20-30(26)34/h5-22,31-32H,3-4H2,1-2H3. The van der Waals surface area contributed by atoms with Gasteiger partial charge in [-0.05, 0) is 79.2 Å². The number of fused-ring (bicyclic) bond motifs is 4. The van der Waals surface area contributed by atoms with E-state index in [2.05, 4.69) is 123 Å². The fourth-order valence-electron chi connectivity index (χ4n) is 5.73. The summed E-state index contributed by atoms with van der Waals surface area (Å²) in [6.45, 7) is 4.49. The van der Waals surface area contributed by atoms with Gasteiger partial charge < -0.3 is 4.74 Å². The molecule has 6 aromatic rings. The fraction of sp³-hybridized carbons (Fsp3) is 0.176. The Morgan fingerprint density at radius 2 is 0.743 bits per heavy atom. The summed E-state index contributed by atoms with van der Waals surface area (Å²) in [5.74, 6) is 0. The molecule has 0 aliphatic rings. The van der Waals surface area contributed by atoms with Gasteiger partial charge in [0.1, 0.15) is 0 Å². The van der Waals surface area contributed by atoms with Crippen LogP contribution in [0.5, 0.6) is 0 Å². The normalized spacial score (nSPS) is 13.5. The van der Waals surface area contributed by atoms with Gasteiger partial charge in [0.15, 0.2) is 0 Å². The first-order chi connectivity index (χ1) is 17.3. The van der Waals surface area contributed by atoms with E-state index in [0.717, 1.165) is 12.8 Å². The lowest BCUT2D eigenvalue weighted by Gasteiger charge is -2.28. The molecule has 0 saturated heterocycles. The Morgan fingerprint density at radius 3 is 1.03 bits per heavy atom. The van der Waals surface area contributed by atoms with Crippen molar-refractivity contribution in [1.29, 1.82) is 0 Å². The first-order valence-corrected chi connectivity index (χ1v) is 12.7. The maximum atomic E-state index is 7.15. The van der Waals surface area contributed by atoms with Crippen LogP contribution < -0.4 is 0 Å². The highest BCUT2D eigenvalue weighted by Crippen LogP contribution is 2.42. The Morgan fingerprint density at radius 1 is 0.457 bits per heavy atom. The minimum Gasteiger partial charge on any atom is -0.366 e. The molecule has 0 bridgehead atoms. The van der Waals surface area contributed by atoms with Gasteiger partial charge in [-0.1, -0.05) is 111 Å². The molecule has 0 fully saturated rings. The molecule has 0 aliphatic heterocycles. The van der Waals surface area contributed by atoms with Gasteiger partial charge in [-0.15, -0.1) is 0 Å². The fourth-order valence-corrected chi connectivity index (χ4v) is 5.73. The monoisotopic (exact) mass is 454 g/mol. The third-order valence-corrected chi connectivity index (χ3v) is 7.34. The van der Waals surface area contributed by atoms with Gasteiger partial charge in [-0.2, -0.15) is 0 Å². The van der Waals surface area contributed by atoms with Gasteiger partial charge in [0.25, 0.3) is 0 Å². The molecule has 0 aliphatic carbocycles. The molecule has 0 aromatic heterocycles. The molecule has 0 spiro atoms. The Balaban J connectivity index is 1.55. The lowest BCUT2D eigenvalue weighted by molar-refractivity contribution is -0.0162. The lowest BCUT2D eigenvalue weighted by Crippen LogP contribution is -2.11. The molecule has 6 aromatic carbocycles. The zero-order chi connectivity index (χ0) is 23.8. The molecule has 1 heteroatoms. The summed E-state index contributed by atoms with van der Waals surface area (Å²) in [7, 11) is 0. The van der Waals surface area contributed by atoms with Crippen LogP contribution in [0.4, 0.5) is 0 Å². The van der Waals surface area contributed by atoms with Crippen molar-refractivity contribution in [3.8, 4) is 0 Å². The number of hydrogen-bond donors (Lipinski definition) is 0. The van der Waals surface area contributed by atoms with Crippen LogP contribution in [-0.4, -0.2) is 0 Å². The number of hydrogen-bond acceptors (Lipinski definition) is 1. The predicted molar refractivity (Wildman–Crippen MR) is 150 cm³/mol. The molecule has 2 atom stereocenters. The quantitative estimate of drug-likeness (QED) is 0.227. The smallest absolute Gasteiger partial charge is 0.0842 e. The van der Waals surface area contributed by atoms with E-state index in [1.165, 1.54) is 54.2 Å². The van der Waals surface area contributed by atoms with Crippen molar-refractivity contribution < 1.29 is 4.74 Å².